The monoisotopic (exact) mass is 576 g/mol. The third-order valence-corrected chi connectivity index (χ3v) is 8.76. The van der Waals surface area contributed by atoms with Crippen molar-refractivity contribution in [2.24, 2.45) is 0 Å². The Kier molecular flexibility index (Phi) is 5.82. The first-order chi connectivity index (χ1) is 22.3. The molecule has 3 heteroatoms. The number of hydrogen-bond acceptors (Lipinski definition) is 2. The van der Waals surface area contributed by atoms with Crippen LogP contribution in [0.25, 0.3) is 60.6 Å². The van der Waals surface area contributed by atoms with Crippen molar-refractivity contribution in [2.45, 2.75) is 0 Å². The fourth-order valence-electron chi connectivity index (χ4n) is 6.79. The molecule has 2 aromatic heterocycles. The molecule has 9 aromatic rings. The lowest BCUT2D eigenvalue weighted by atomic mass is 9.96. The quantitative estimate of drug-likeness (QED) is 0.203. The minimum absolute atomic E-state index is 0.896. The molecule has 3 nitrogen and oxygen atoms in total. The summed E-state index contributed by atoms with van der Waals surface area (Å²) in [5.74, 6) is 0. The summed E-state index contributed by atoms with van der Waals surface area (Å²) in [6.45, 7) is 0. The zero-order chi connectivity index (χ0) is 29.7. The Morgan fingerprint density at radius 3 is 1.71 bits per heavy atom. The summed E-state index contributed by atoms with van der Waals surface area (Å²) in [6, 6.07) is 60.0. The number of anilines is 3. The molecular weight excluding hydrogens is 548 g/mol. The molecule has 0 aliphatic heterocycles. The van der Waals surface area contributed by atoms with Gasteiger partial charge in [-0.2, -0.15) is 0 Å². The largest absolute Gasteiger partial charge is 0.454 e. The molecule has 0 aliphatic carbocycles. The lowest BCUT2D eigenvalue weighted by molar-refractivity contribution is 0.671. The van der Waals surface area contributed by atoms with Crippen LogP contribution < -0.4 is 4.90 Å². The maximum atomic E-state index is 6.67. The average molecular weight is 577 g/mol. The Hall–Kier alpha value is -6.06. The molecular formula is C42H28N2O. The molecule has 0 unspecified atom stereocenters. The van der Waals surface area contributed by atoms with Gasteiger partial charge in [0.25, 0.3) is 0 Å². The van der Waals surface area contributed by atoms with E-state index in [-0.39, 0.29) is 0 Å². The normalized spacial score (nSPS) is 11.6. The summed E-state index contributed by atoms with van der Waals surface area (Å²) >= 11 is 0. The van der Waals surface area contributed by atoms with Crippen LogP contribution in [0.5, 0.6) is 0 Å². The minimum Gasteiger partial charge on any atom is -0.454 e. The molecule has 0 bridgehead atoms. The topological polar surface area (TPSA) is 21.3 Å². The summed E-state index contributed by atoms with van der Waals surface area (Å²) in [5.41, 5.74) is 10.9. The van der Waals surface area contributed by atoms with Crippen LogP contribution in [0, 0.1) is 0 Å². The number of para-hydroxylation sites is 5. The van der Waals surface area contributed by atoms with Gasteiger partial charge in [-0.1, -0.05) is 103 Å². The third-order valence-electron chi connectivity index (χ3n) is 8.76. The molecule has 0 atom stereocenters. The maximum absolute atomic E-state index is 6.67. The van der Waals surface area contributed by atoms with E-state index in [1.807, 2.05) is 6.07 Å². The molecule has 0 fully saturated rings. The summed E-state index contributed by atoms with van der Waals surface area (Å²) in [5, 5.41) is 4.63. The first-order valence-corrected chi connectivity index (χ1v) is 15.3. The second-order valence-corrected chi connectivity index (χ2v) is 11.4. The van der Waals surface area contributed by atoms with Gasteiger partial charge >= 0.3 is 0 Å². The zero-order valence-corrected chi connectivity index (χ0v) is 24.5. The maximum Gasteiger partial charge on any atom is 0.160 e. The molecule has 0 N–H and O–H groups in total. The Labute approximate surface area is 260 Å². The molecule has 0 radical (unpaired) electrons. The molecule has 0 amide bonds. The van der Waals surface area contributed by atoms with Crippen LogP contribution in [-0.4, -0.2) is 4.57 Å². The lowest BCUT2D eigenvalue weighted by Crippen LogP contribution is -2.09. The summed E-state index contributed by atoms with van der Waals surface area (Å²) in [7, 11) is 0. The van der Waals surface area contributed by atoms with Gasteiger partial charge in [0.2, 0.25) is 0 Å². The fraction of sp³-hybridized carbons (Fsp3) is 0. The molecule has 212 valence electrons. The highest BCUT2D eigenvalue weighted by Gasteiger charge is 2.23. The van der Waals surface area contributed by atoms with Crippen molar-refractivity contribution in [3.8, 4) is 16.8 Å². The average Bonchev–Trinajstić information content (AvgIpc) is 3.66. The highest BCUT2D eigenvalue weighted by atomic mass is 16.3. The van der Waals surface area contributed by atoms with Gasteiger partial charge in [-0.15, -0.1) is 0 Å². The fourth-order valence-corrected chi connectivity index (χ4v) is 6.79. The van der Waals surface area contributed by atoms with Crippen LogP contribution in [0.3, 0.4) is 0 Å². The molecule has 0 spiro atoms. The molecule has 0 aliphatic rings. The summed E-state index contributed by atoms with van der Waals surface area (Å²) in [6.07, 6.45) is 0. The van der Waals surface area contributed by atoms with Gasteiger partial charge in [0.1, 0.15) is 5.58 Å². The number of aromatic nitrogens is 1. The van der Waals surface area contributed by atoms with Crippen molar-refractivity contribution in [1.82, 2.24) is 4.57 Å². The number of hydrogen-bond donors (Lipinski definition) is 0. The molecule has 7 aromatic carbocycles. The van der Waals surface area contributed by atoms with Crippen molar-refractivity contribution >= 4 is 60.8 Å². The molecule has 2 heterocycles. The second kappa shape index (κ2) is 10.3. The standard InChI is InChI=1S/C42H28N2O/c1-4-14-30(15-5-1)43(31-16-6-2-7-17-31)33-26-24-29(25-27-33)36-28-37-34-20-11-13-23-39(34)45-42(37)41-40(36)35-21-10-12-22-38(35)44(41)32-18-8-3-9-19-32/h1-28H. The van der Waals surface area contributed by atoms with Gasteiger partial charge in [0, 0.05) is 44.3 Å². The molecule has 45 heavy (non-hydrogen) atoms. The van der Waals surface area contributed by atoms with E-state index in [9.17, 15) is 0 Å². The van der Waals surface area contributed by atoms with E-state index in [1.165, 1.54) is 16.3 Å². The number of nitrogens with zero attached hydrogens (tertiary/aromatic N) is 2. The summed E-state index contributed by atoms with van der Waals surface area (Å²) < 4.78 is 9.03. The number of rotatable bonds is 5. The van der Waals surface area contributed by atoms with Crippen LogP contribution >= 0.6 is 0 Å². The van der Waals surface area contributed by atoms with Crippen LogP contribution in [0.1, 0.15) is 0 Å². The summed E-state index contributed by atoms with van der Waals surface area (Å²) in [4.78, 5) is 2.30. The smallest absolute Gasteiger partial charge is 0.160 e. The van der Waals surface area contributed by atoms with Crippen molar-refractivity contribution < 1.29 is 4.42 Å². The number of benzene rings is 7. The lowest BCUT2D eigenvalue weighted by Gasteiger charge is -2.25. The van der Waals surface area contributed by atoms with Crippen LogP contribution in [0.4, 0.5) is 17.1 Å². The van der Waals surface area contributed by atoms with E-state index in [0.29, 0.717) is 0 Å². The SMILES string of the molecule is c1ccc(N(c2ccccc2)c2ccc(-c3cc4c5ccccc5oc4c4c3c3ccccc3n4-c3ccccc3)cc2)cc1. The predicted molar refractivity (Wildman–Crippen MR) is 188 cm³/mol. The first kappa shape index (κ1) is 25.4. The minimum atomic E-state index is 0.896. The highest BCUT2D eigenvalue weighted by Crippen LogP contribution is 2.46. The van der Waals surface area contributed by atoms with Crippen LogP contribution in [-0.2, 0) is 0 Å². The van der Waals surface area contributed by atoms with Crippen LogP contribution in [0.15, 0.2) is 174 Å². The number of fused-ring (bicyclic) bond motifs is 7. The third kappa shape index (κ3) is 4.05. The van der Waals surface area contributed by atoms with Gasteiger partial charge in [-0.3, -0.25) is 0 Å². The van der Waals surface area contributed by atoms with Crippen molar-refractivity contribution in [2.75, 3.05) is 4.90 Å². The van der Waals surface area contributed by atoms with E-state index in [4.69, 9.17) is 4.42 Å². The van der Waals surface area contributed by atoms with Crippen molar-refractivity contribution in [3.05, 3.63) is 170 Å². The van der Waals surface area contributed by atoms with E-state index >= 15 is 0 Å². The van der Waals surface area contributed by atoms with Crippen molar-refractivity contribution in [1.29, 1.82) is 0 Å². The predicted octanol–water partition coefficient (Wildman–Crippen LogP) is 11.8. The highest BCUT2D eigenvalue weighted by molar-refractivity contribution is 6.26. The molecule has 0 saturated heterocycles. The Morgan fingerprint density at radius 1 is 0.467 bits per heavy atom. The van der Waals surface area contributed by atoms with Gasteiger partial charge in [-0.25, -0.2) is 0 Å². The Bertz CT molecular complexity index is 2420. The van der Waals surface area contributed by atoms with Crippen molar-refractivity contribution in [3.63, 3.8) is 0 Å². The van der Waals surface area contributed by atoms with Gasteiger partial charge < -0.3 is 13.9 Å². The van der Waals surface area contributed by atoms with Crippen LogP contribution in [0.2, 0.25) is 0 Å². The van der Waals surface area contributed by atoms with Gasteiger partial charge in [0.15, 0.2) is 5.58 Å². The number of furan rings is 1. The van der Waals surface area contributed by atoms with E-state index in [0.717, 1.165) is 61.3 Å². The van der Waals surface area contributed by atoms with E-state index in [1.54, 1.807) is 0 Å². The first-order valence-electron chi connectivity index (χ1n) is 15.3. The second-order valence-electron chi connectivity index (χ2n) is 11.4. The van der Waals surface area contributed by atoms with Gasteiger partial charge in [0.05, 0.1) is 11.0 Å². The van der Waals surface area contributed by atoms with E-state index < -0.39 is 0 Å². The Balaban J connectivity index is 1.33. The van der Waals surface area contributed by atoms with Gasteiger partial charge in [-0.05, 0) is 77.9 Å². The molecule has 9 rings (SSSR count). The Morgan fingerprint density at radius 2 is 1.02 bits per heavy atom. The van der Waals surface area contributed by atoms with E-state index in [2.05, 4.69) is 173 Å². The molecule has 0 saturated carbocycles. The zero-order valence-electron chi connectivity index (χ0n) is 24.5.